The van der Waals surface area contributed by atoms with E-state index in [1.807, 2.05) is 13.8 Å². The van der Waals surface area contributed by atoms with Crippen LogP contribution in [0.2, 0.25) is 0 Å². The van der Waals surface area contributed by atoms with E-state index in [9.17, 15) is 14.4 Å². The SMILES string of the molecule is CC(=O)O[C@H](C[C@H](C(C)C)N(C)[B]C=O)c1nc(C(=O)O)cs1. The van der Waals surface area contributed by atoms with E-state index in [1.165, 1.54) is 19.7 Å². The lowest BCUT2D eigenvalue weighted by atomic mass is 9.86. The molecule has 125 valence electrons. The Morgan fingerprint density at radius 2 is 2.17 bits per heavy atom. The molecule has 1 rings (SSSR count). The first-order valence-corrected chi connectivity index (χ1v) is 8.00. The predicted molar refractivity (Wildman–Crippen MR) is 87.1 cm³/mol. The van der Waals surface area contributed by atoms with Crippen molar-refractivity contribution in [2.24, 2.45) is 5.92 Å². The van der Waals surface area contributed by atoms with E-state index in [4.69, 9.17) is 9.84 Å². The normalized spacial score (nSPS) is 13.7. The van der Waals surface area contributed by atoms with Crippen LogP contribution in [0.25, 0.3) is 0 Å². The van der Waals surface area contributed by atoms with Gasteiger partial charge in [-0.3, -0.25) is 4.79 Å². The summed E-state index contributed by atoms with van der Waals surface area (Å²) in [7, 11) is 3.19. The summed E-state index contributed by atoms with van der Waals surface area (Å²) in [5.41, 5.74) is -0.0731. The Kier molecular flexibility index (Phi) is 7.37. The van der Waals surface area contributed by atoms with E-state index in [2.05, 4.69) is 4.98 Å². The van der Waals surface area contributed by atoms with Crippen LogP contribution >= 0.6 is 11.3 Å². The van der Waals surface area contributed by atoms with Gasteiger partial charge < -0.3 is 19.4 Å². The van der Waals surface area contributed by atoms with Crippen LogP contribution in [0.15, 0.2) is 5.38 Å². The minimum Gasteiger partial charge on any atom is -0.476 e. The average molecular weight is 339 g/mol. The number of carboxylic acid groups (broad SMARTS) is 1. The molecule has 0 unspecified atom stereocenters. The lowest BCUT2D eigenvalue weighted by molar-refractivity contribution is -0.147. The Morgan fingerprint density at radius 1 is 1.52 bits per heavy atom. The van der Waals surface area contributed by atoms with Gasteiger partial charge in [-0.05, 0) is 13.0 Å². The average Bonchev–Trinajstić information content (AvgIpc) is 2.92. The molecule has 0 amide bonds. The Hall–Kier alpha value is -1.74. The van der Waals surface area contributed by atoms with Gasteiger partial charge in [-0.1, -0.05) is 13.8 Å². The number of carboxylic acids is 1. The molecule has 1 N–H and O–H groups in total. The highest BCUT2D eigenvalue weighted by Gasteiger charge is 2.28. The summed E-state index contributed by atoms with van der Waals surface area (Å²) in [6.07, 6.45) is 0.452. The zero-order valence-electron chi connectivity index (χ0n) is 13.6. The molecule has 0 aliphatic heterocycles. The van der Waals surface area contributed by atoms with Gasteiger partial charge in [0.25, 0.3) is 7.41 Å². The highest BCUT2D eigenvalue weighted by Crippen LogP contribution is 2.29. The Morgan fingerprint density at radius 3 is 2.61 bits per heavy atom. The summed E-state index contributed by atoms with van der Waals surface area (Å²) in [4.78, 5) is 38.8. The van der Waals surface area contributed by atoms with E-state index in [0.29, 0.717) is 17.6 Å². The third kappa shape index (κ3) is 5.76. The molecule has 0 saturated carbocycles. The first kappa shape index (κ1) is 19.3. The Balaban J connectivity index is 3.01. The summed E-state index contributed by atoms with van der Waals surface area (Å²) in [6, 6.07) is -0.0678. The molecule has 1 heterocycles. The zero-order chi connectivity index (χ0) is 17.6. The quantitative estimate of drug-likeness (QED) is 0.415. The fraction of sp³-hybridized carbons (Fsp3) is 0.571. The minimum atomic E-state index is -1.12. The van der Waals surface area contributed by atoms with Crippen LogP contribution < -0.4 is 0 Å². The van der Waals surface area contributed by atoms with Crippen molar-refractivity contribution in [3.05, 3.63) is 16.1 Å². The molecule has 0 fully saturated rings. The van der Waals surface area contributed by atoms with Gasteiger partial charge in [0.15, 0.2) is 11.8 Å². The summed E-state index contributed by atoms with van der Waals surface area (Å²) in [5, 5.41) is 10.8. The second-order valence-electron chi connectivity index (χ2n) is 5.47. The minimum absolute atomic E-state index is 0.0678. The molecule has 1 aromatic heterocycles. The number of esters is 1. The van der Waals surface area contributed by atoms with Crippen LogP contribution in [-0.4, -0.2) is 53.5 Å². The molecule has 0 aromatic carbocycles. The largest absolute Gasteiger partial charge is 0.476 e. The standard InChI is InChI=1S/C14H20BN2O5S/c1-8(2)11(17(4)15-7-18)5-12(22-9(3)19)13-16-10(6-23-13)14(20)21/h6-8,11-12H,5H2,1-4H3,(H,20,21)/t11-,12-/m1/s1. The van der Waals surface area contributed by atoms with Crippen molar-refractivity contribution < 1.29 is 24.2 Å². The number of thiazole rings is 1. The molecule has 7 nitrogen and oxygen atoms in total. The van der Waals surface area contributed by atoms with Crippen molar-refractivity contribution in [3.8, 4) is 0 Å². The molecule has 23 heavy (non-hydrogen) atoms. The number of hydrogen-bond donors (Lipinski definition) is 1. The summed E-state index contributed by atoms with van der Waals surface area (Å²) < 4.78 is 5.33. The van der Waals surface area contributed by atoms with Gasteiger partial charge in [-0.15, -0.1) is 11.3 Å². The fourth-order valence-corrected chi connectivity index (χ4v) is 3.10. The van der Waals surface area contributed by atoms with Gasteiger partial charge in [0.2, 0.25) is 0 Å². The van der Waals surface area contributed by atoms with Gasteiger partial charge in [0, 0.05) is 24.8 Å². The Labute approximate surface area is 139 Å². The molecule has 0 aliphatic carbocycles. The number of rotatable bonds is 9. The van der Waals surface area contributed by atoms with Gasteiger partial charge in [-0.2, -0.15) is 0 Å². The van der Waals surface area contributed by atoms with E-state index < -0.39 is 18.0 Å². The number of carbonyl (C=O) groups excluding carboxylic acids is 2. The maximum absolute atomic E-state index is 11.4. The molecule has 0 saturated heterocycles. The smallest absolute Gasteiger partial charge is 0.355 e. The first-order valence-electron chi connectivity index (χ1n) is 7.12. The van der Waals surface area contributed by atoms with Crippen LogP contribution in [0.4, 0.5) is 0 Å². The van der Waals surface area contributed by atoms with Crippen LogP contribution in [0, 0.1) is 5.92 Å². The molecular formula is C14H20BN2O5S. The zero-order valence-corrected chi connectivity index (χ0v) is 14.4. The van der Waals surface area contributed by atoms with Gasteiger partial charge >= 0.3 is 11.9 Å². The summed E-state index contributed by atoms with van der Waals surface area (Å²) in [6.45, 7) is 5.29. The second kappa shape index (κ2) is 8.78. The highest BCUT2D eigenvalue weighted by molar-refractivity contribution is 7.09. The molecule has 0 bridgehead atoms. The second-order valence-corrected chi connectivity index (χ2v) is 6.36. The van der Waals surface area contributed by atoms with Gasteiger partial charge in [0.1, 0.15) is 5.01 Å². The van der Waals surface area contributed by atoms with Crippen molar-refractivity contribution in [2.45, 2.75) is 39.3 Å². The molecule has 2 atom stereocenters. The maximum Gasteiger partial charge on any atom is 0.355 e. The van der Waals surface area contributed by atoms with Crippen molar-refractivity contribution in [3.63, 3.8) is 0 Å². The third-order valence-electron chi connectivity index (χ3n) is 3.37. The number of ether oxygens (including phenoxy) is 1. The summed E-state index contributed by atoms with van der Waals surface area (Å²) in [5.74, 6) is -1.40. The van der Waals surface area contributed by atoms with E-state index in [0.717, 1.165) is 11.3 Å². The predicted octanol–water partition coefficient (Wildman–Crippen LogP) is 1.60. The van der Waals surface area contributed by atoms with Crippen molar-refractivity contribution in [1.82, 2.24) is 9.79 Å². The molecule has 0 aliphatic rings. The fourth-order valence-electron chi connectivity index (χ4n) is 2.27. The highest BCUT2D eigenvalue weighted by atomic mass is 32.1. The summed E-state index contributed by atoms with van der Waals surface area (Å²) >= 11 is 1.14. The molecule has 1 aromatic rings. The number of aromatic nitrogens is 1. The van der Waals surface area contributed by atoms with Crippen LogP contribution in [0.1, 0.15) is 48.8 Å². The molecular weight excluding hydrogens is 319 g/mol. The number of nitrogens with zero attached hydrogens (tertiary/aromatic N) is 2. The Bertz CT molecular complexity index is 563. The van der Waals surface area contributed by atoms with E-state index >= 15 is 0 Å². The van der Waals surface area contributed by atoms with Crippen molar-refractivity contribution in [1.29, 1.82) is 0 Å². The number of carbonyl (C=O) groups is 3. The first-order chi connectivity index (χ1) is 10.8. The van der Waals surface area contributed by atoms with Gasteiger partial charge in [-0.25, -0.2) is 9.78 Å². The van der Waals surface area contributed by atoms with Crippen LogP contribution in [-0.2, 0) is 14.3 Å². The monoisotopic (exact) mass is 339 g/mol. The van der Waals surface area contributed by atoms with Crippen molar-refractivity contribution >= 4 is 36.9 Å². The van der Waals surface area contributed by atoms with Crippen LogP contribution in [0.3, 0.4) is 0 Å². The molecule has 0 spiro atoms. The molecule has 1 radical (unpaired) electrons. The lowest BCUT2D eigenvalue weighted by Gasteiger charge is -2.32. The maximum atomic E-state index is 11.4. The number of aromatic carboxylic acids is 1. The van der Waals surface area contributed by atoms with E-state index in [-0.39, 0.29) is 17.7 Å². The topological polar surface area (TPSA) is 96.8 Å². The van der Waals surface area contributed by atoms with Crippen LogP contribution in [0.5, 0.6) is 0 Å². The van der Waals surface area contributed by atoms with Gasteiger partial charge in [0.05, 0.1) is 6.19 Å². The lowest BCUT2D eigenvalue weighted by Crippen LogP contribution is -2.40. The number of hydrogen-bond acceptors (Lipinski definition) is 7. The van der Waals surface area contributed by atoms with E-state index in [1.54, 1.807) is 11.9 Å². The third-order valence-corrected chi connectivity index (χ3v) is 4.31. The molecule has 9 heteroatoms. The van der Waals surface area contributed by atoms with Crippen molar-refractivity contribution in [2.75, 3.05) is 7.05 Å².